The molecular weight excluding hydrogens is 239 g/mol. The van der Waals surface area contributed by atoms with Gasteiger partial charge in [0.25, 0.3) is 0 Å². The van der Waals surface area contributed by atoms with E-state index in [0.29, 0.717) is 5.92 Å². The second-order valence-corrected chi connectivity index (χ2v) is 2.83. The maximum absolute atomic E-state index is 9.18. The van der Waals surface area contributed by atoms with Gasteiger partial charge in [0, 0.05) is 0 Å². The highest BCUT2D eigenvalue weighted by Crippen LogP contribution is 2.22. The summed E-state index contributed by atoms with van der Waals surface area (Å²) >= 11 is 2.15. The van der Waals surface area contributed by atoms with Crippen LogP contribution < -0.4 is 0 Å². The monoisotopic (exact) mass is 256 g/mol. The molecule has 0 aromatic carbocycles. The molecule has 1 fully saturated rings. The van der Waals surface area contributed by atoms with Crippen molar-refractivity contribution in [2.24, 2.45) is 5.92 Å². The molecule has 0 aromatic rings. The molecule has 0 heterocycles. The second kappa shape index (κ2) is 6.40. The Labute approximate surface area is 77.3 Å². The molecule has 62 valence electrons. The van der Waals surface area contributed by atoms with E-state index in [-0.39, 0.29) is 6.10 Å². The number of hydrogen-bond acceptors (Lipinski definition) is 1. The smallest absolute Gasteiger partial charge is 0.0565 e. The van der Waals surface area contributed by atoms with Crippen molar-refractivity contribution in [3.8, 4) is 0 Å². The van der Waals surface area contributed by atoms with Gasteiger partial charge in [-0.25, -0.2) is 0 Å². The fourth-order valence-corrected chi connectivity index (χ4v) is 1.30. The van der Waals surface area contributed by atoms with Crippen molar-refractivity contribution in [1.82, 2.24) is 0 Å². The van der Waals surface area contributed by atoms with Crippen molar-refractivity contribution in [1.29, 1.82) is 0 Å². The maximum Gasteiger partial charge on any atom is 0.0565 e. The summed E-state index contributed by atoms with van der Waals surface area (Å²) in [5.74, 6) is 0.559. The zero-order chi connectivity index (χ0) is 7.98. The van der Waals surface area contributed by atoms with Gasteiger partial charge in [-0.2, -0.15) is 0 Å². The Hall–Kier alpha value is 0.690. The Balaban J connectivity index is 0.000000371. The van der Waals surface area contributed by atoms with E-state index in [1.165, 1.54) is 19.3 Å². The van der Waals surface area contributed by atoms with Crippen molar-refractivity contribution in [2.75, 3.05) is 4.93 Å². The number of aliphatic hydroxyl groups is 1. The quantitative estimate of drug-likeness (QED) is 0.521. The first kappa shape index (κ1) is 10.7. The van der Waals surface area contributed by atoms with Gasteiger partial charge in [0.05, 0.1) is 6.10 Å². The zero-order valence-corrected chi connectivity index (χ0v) is 8.97. The van der Waals surface area contributed by atoms with Crippen LogP contribution in [-0.2, 0) is 0 Å². The fraction of sp³-hybridized carbons (Fsp3) is 1.00. The van der Waals surface area contributed by atoms with Crippen LogP contribution in [0.25, 0.3) is 0 Å². The number of hydrogen-bond donors (Lipinski definition) is 1. The normalized spacial score (nSPS) is 32.4. The Morgan fingerprint density at radius 3 is 2.00 bits per heavy atom. The van der Waals surface area contributed by atoms with E-state index in [2.05, 4.69) is 29.5 Å². The lowest BCUT2D eigenvalue weighted by molar-refractivity contribution is 0.0793. The lowest BCUT2D eigenvalue weighted by atomic mass is 9.88. The molecular formula is C8H17IO. The molecule has 0 aliphatic heterocycles. The molecule has 0 spiro atoms. The molecule has 0 radical (unpaired) electrons. The number of aliphatic hydroxyl groups excluding tert-OH is 1. The van der Waals surface area contributed by atoms with Crippen LogP contribution in [-0.4, -0.2) is 16.1 Å². The highest BCUT2D eigenvalue weighted by atomic mass is 127. The van der Waals surface area contributed by atoms with Crippen LogP contribution in [0.2, 0.25) is 0 Å². The number of alkyl halides is 1. The van der Waals surface area contributed by atoms with Crippen molar-refractivity contribution < 1.29 is 5.11 Å². The third-order valence-corrected chi connectivity index (χ3v) is 2.07. The van der Waals surface area contributed by atoms with Crippen molar-refractivity contribution >= 4 is 22.6 Å². The van der Waals surface area contributed by atoms with E-state index >= 15 is 0 Å². The van der Waals surface area contributed by atoms with Crippen molar-refractivity contribution in [3.05, 3.63) is 0 Å². The van der Waals surface area contributed by atoms with Crippen LogP contribution in [0, 0.1) is 5.92 Å². The average molecular weight is 256 g/mol. The summed E-state index contributed by atoms with van der Waals surface area (Å²) in [6, 6.07) is 0. The highest BCUT2D eigenvalue weighted by molar-refractivity contribution is 14.1. The Morgan fingerprint density at radius 2 is 1.70 bits per heavy atom. The van der Waals surface area contributed by atoms with Crippen LogP contribution in [0.3, 0.4) is 0 Å². The SMILES string of the molecule is CC1CCCCC1O.CI. The number of halogens is 1. The summed E-state index contributed by atoms with van der Waals surface area (Å²) in [6.45, 7) is 2.13. The minimum absolute atomic E-state index is 0.00347. The van der Waals surface area contributed by atoms with E-state index in [0.717, 1.165) is 6.42 Å². The van der Waals surface area contributed by atoms with E-state index < -0.39 is 0 Å². The summed E-state index contributed by atoms with van der Waals surface area (Å²) in [4.78, 5) is 1.97. The highest BCUT2D eigenvalue weighted by Gasteiger charge is 2.17. The van der Waals surface area contributed by atoms with Crippen LogP contribution in [0.4, 0.5) is 0 Å². The van der Waals surface area contributed by atoms with Gasteiger partial charge < -0.3 is 5.11 Å². The summed E-state index contributed by atoms with van der Waals surface area (Å²) in [5.41, 5.74) is 0. The Bertz CT molecular complexity index is 65.7. The van der Waals surface area contributed by atoms with Gasteiger partial charge in [-0.15, -0.1) is 0 Å². The van der Waals surface area contributed by atoms with Crippen LogP contribution >= 0.6 is 22.6 Å². The molecule has 1 rings (SSSR count). The van der Waals surface area contributed by atoms with E-state index in [1.807, 2.05) is 4.93 Å². The first-order valence-electron chi connectivity index (χ1n) is 3.86. The largest absolute Gasteiger partial charge is 0.393 e. The van der Waals surface area contributed by atoms with E-state index in [9.17, 15) is 5.11 Å². The van der Waals surface area contributed by atoms with Gasteiger partial charge >= 0.3 is 0 Å². The van der Waals surface area contributed by atoms with E-state index in [4.69, 9.17) is 0 Å². The molecule has 2 heteroatoms. The van der Waals surface area contributed by atoms with Crippen LogP contribution in [0.15, 0.2) is 0 Å². The molecule has 1 aliphatic carbocycles. The van der Waals surface area contributed by atoms with Gasteiger partial charge in [0.2, 0.25) is 0 Å². The fourth-order valence-electron chi connectivity index (χ4n) is 1.30. The molecule has 2 atom stereocenters. The first-order valence-corrected chi connectivity index (χ1v) is 6.02. The molecule has 1 saturated carbocycles. The molecule has 1 aliphatic rings. The zero-order valence-electron chi connectivity index (χ0n) is 6.81. The van der Waals surface area contributed by atoms with Gasteiger partial charge in [-0.05, 0) is 23.7 Å². The summed E-state index contributed by atoms with van der Waals surface area (Å²) in [5, 5.41) is 9.18. The van der Waals surface area contributed by atoms with Crippen LogP contribution in [0.1, 0.15) is 32.6 Å². The van der Waals surface area contributed by atoms with Crippen molar-refractivity contribution in [3.63, 3.8) is 0 Å². The topological polar surface area (TPSA) is 20.2 Å². The molecule has 0 aromatic heterocycles. The predicted molar refractivity (Wildman–Crippen MR) is 53.6 cm³/mol. The summed E-state index contributed by atoms with van der Waals surface area (Å²) in [6.07, 6.45) is 4.80. The molecule has 0 saturated heterocycles. The first-order chi connectivity index (χ1) is 4.80. The van der Waals surface area contributed by atoms with Gasteiger partial charge in [-0.3, -0.25) is 0 Å². The molecule has 2 unspecified atom stereocenters. The second-order valence-electron chi connectivity index (χ2n) is 2.83. The summed E-state index contributed by atoms with van der Waals surface area (Å²) in [7, 11) is 0. The van der Waals surface area contributed by atoms with Gasteiger partial charge in [0.1, 0.15) is 0 Å². The van der Waals surface area contributed by atoms with Gasteiger partial charge in [-0.1, -0.05) is 42.4 Å². The lowest BCUT2D eigenvalue weighted by Crippen LogP contribution is -2.21. The molecule has 1 N–H and O–H groups in total. The minimum Gasteiger partial charge on any atom is -0.393 e. The minimum atomic E-state index is 0.00347. The third kappa shape index (κ3) is 3.76. The molecule has 10 heavy (non-hydrogen) atoms. The molecule has 0 amide bonds. The van der Waals surface area contributed by atoms with E-state index in [1.54, 1.807) is 0 Å². The standard InChI is InChI=1S/C7H14O.CH3I/c1-6-4-2-3-5-7(6)8;1-2/h6-8H,2-5H2,1H3;1H3. The predicted octanol–water partition coefficient (Wildman–Crippen LogP) is 2.61. The Morgan fingerprint density at radius 1 is 1.20 bits per heavy atom. The lowest BCUT2D eigenvalue weighted by Gasteiger charge is -2.23. The third-order valence-electron chi connectivity index (χ3n) is 2.07. The van der Waals surface area contributed by atoms with Crippen LogP contribution in [0.5, 0.6) is 0 Å². The van der Waals surface area contributed by atoms with Crippen molar-refractivity contribution in [2.45, 2.75) is 38.7 Å². The van der Waals surface area contributed by atoms with Gasteiger partial charge in [0.15, 0.2) is 0 Å². The molecule has 1 nitrogen and oxygen atoms in total. The maximum atomic E-state index is 9.18. The Kier molecular flexibility index (Phi) is 6.85. The summed E-state index contributed by atoms with van der Waals surface area (Å²) < 4.78 is 0. The molecule has 0 bridgehead atoms. The average Bonchev–Trinajstić information content (AvgIpc) is 2.00. The number of rotatable bonds is 0.